The maximum absolute atomic E-state index is 5.91. The Morgan fingerprint density at radius 1 is 1.39 bits per heavy atom. The lowest BCUT2D eigenvalue weighted by molar-refractivity contribution is 0.417. The third-order valence-corrected chi connectivity index (χ3v) is 3.44. The van der Waals surface area contributed by atoms with E-state index in [1.54, 1.807) is 7.11 Å². The Kier molecular flexibility index (Phi) is 2.26. The Bertz CT molecular complexity index is 588. The van der Waals surface area contributed by atoms with Gasteiger partial charge in [0.25, 0.3) is 0 Å². The largest absolute Gasteiger partial charge is 0.495 e. The lowest BCUT2D eigenvalue weighted by Crippen LogP contribution is -2.15. The predicted octanol–water partition coefficient (Wildman–Crippen LogP) is 1.44. The van der Waals surface area contributed by atoms with Gasteiger partial charge in [-0.15, -0.1) is 5.10 Å². The Labute approximate surface area is 105 Å². The molecule has 0 amide bonds. The van der Waals surface area contributed by atoms with Crippen molar-refractivity contribution in [3.63, 3.8) is 0 Å². The van der Waals surface area contributed by atoms with Gasteiger partial charge in [-0.25, -0.2) is 4.68 Å². The first-order chi connectivity index (χ1) is 8.64. The summed E-state index contributed by atoms with van der Waals surface area (Å²) in [6.45, 7) is 2.15. The summed E-state index contributed by atoms with van der Waals surface area (Å²) in [5.74, 6) is 1.42. The zero-order valence-electron chi connectivity index (χ0n) is 10.4. The predicted molar refractivity (Wildman–Crippen MR) is 67.1 cm³/mol. The number of hydrogen-bond acceptors (Lipinski definition) is 5. The van der Waals surface area contributed by atoms with Crippen molar-refractivity contribution in [2.45, 2.75) is 25.3 Å². The number of benzene rings is 1. The van der Waals surface area contributed by atoms with Crippen LogP contribution in [0.5, 0.6) is 5.75 Å². The number of aromatic nitrogens is 4. The van der Waals surface area contributed by atoms with E-state index < -0.39 is 0 Å². The van der Waals surface area contributed by atoms with Crippen LogP contribution in [0.15, 0.2) is 18.2 Å². The van der Waals surface area contributed by atoms with Crippen molar-refractivity contribution in [1.29, 1.82) is 0 Å². The molecule has 6 nitrogen and oxygen atoms in total. The van der Waals surface area contributed by atoms with Gasteiger partial charge in [-0.05, 0) is 48.4 Å². The summed E-state index contributed by atoms with van der Waals surface area (Å²) in [7, 11) is 1.60. The summed E-state index contributed by atoms with van der Waals surface area (Å²) in [5, 5.41) is 11.9. The second-order valence-electron chi connectivity index (χ2n) is 4.87. The molecule has 1 fully saturated rings. The molecule has 0 radical (unpaired) electrons. The Balaban J connectivity index is 2.05. The minimum atomic E-state index is 0.0630. The highest BCUT2D eigenvalue weighted by Crippen LogP contribution is 2.44. The molecule has 0 bridgehead atoms. The number of methoxy groups -OCH3 is 1. The average Bonchev–Trinajstić information content (AvgIpc) is 2.94. The molecule has 0 spiro atoms. The molecule has 0 atom stereocenters. The third-order valence-electron chi connectivity index (χ3n) is 3.44. The van der Waals surface area contributed by atoms with Gasteiger partial charge in [0, 0.05) is 5.56 Å². The van der Waals surface area contributed by atoms with Gasteiger partial charge < -0.3 is 10.5 Å². The molecular formula is C12H15N5O. The summed E-state index contributed by atoms with van der Waals surface area (Å²) in [5.41, 5.74) is 7.47. The number of rotatable bonds is 3. The van der Waals surface area contributed by atoms with Crippen LogP contribution in [0.2, 0.25) is 0 Å². The van der Waals surface area contributed by atoms with Crippen molar-refractivity contribution in [3.05, 3.63) is 18.2 Å². The van der Waals surface area contributed by atoms with Crippen LogP contribution in [0.25, 0.3) is 11.4 Å². The molecule has 0 unspecified atom stereocenters. The van der Waals surface area contributed by atoms with Crippen LogP contribution in [-0.4, -0.2) is 27.3 Å². The fourth-order valence-electron chi connectivity index (χ4n) is 2.00. The molecule has 3 rings (SSSR count). The average molecular weight is 245 g/mol. The normalized spacial score (nSPS) is 16.6. The van der Waals surface area contributed by atoms with Gasteiger partial charge in [0.05, 0.1) is 18.3 Å². The van der Waals surface area contributed by atoms with Crippen LogP contribution < -0.4 is 10.5 Å². The maximum Gasteiger partial charge on any atom is 0.182 e. The number of ether oxygens (including phenoxy) is 1. The van der Waals surface area contributed by atoms with E-state index in [1.165, 1.54) is 0 Å². The number of nitrogens with two attached hydrogens (primary N) is 1. The highest BCUT2D eigenvalue weighted by molar-refractivity contribution is 5.66. The van der Waals surface area contributed by atoms with Crippen LogP contribution in [0.4, 0.5) is 5.69 Å². The zero-order valence-corrected chi connectivity index (χ0v) is 10.4. The zero-order chi connectivity index (χ0) is 12.8. The van der Waals surface area contributed by atoms with E-state index in [-0.39, 0.29) is 5.54 Å². The van der Waals surface area contributed by atoms with E-state index in [0.717, 1.165) is 24.2 Å². The first kappa shape index (κ1) is 11.0. The minimum Gasteiger partial charge on any atom is -0.495 e. The fourth-order valence-corrected chi connectivity index (χ4v) is 2.00. The summed E-state index contributed by atoms with van der Waals surface area (Å²) in [6.07, 6.45) is 2.22. The molecule has 2 aromatic rings. The Morgan fingerprint density at radius 2 is 2.17 bits per heavy atom. The molecular weight excluding hydrogens is 230 g/mol. The molecule has 94 valence electrons. The topological polar surface area (TPSA) is 78.9 Å². The van der Waals surface area contributed by atoms with Gasteiger partial charge >= 0.3 is 0 Å². The number of hydrogen-bond donors (Lipinski definition) is 1. The number of tetrazole rings is 1. The molecule has 2 N–H and O–H groups in total. The van der Waals surface area contributed by atoms with E-state index in [4.69, 9.17) is 10.5 Å². The van der Waals surface area contributed by atoms with Gasteiger partial charge in [-0.3, -0.25) is 0 Å². The lowest BCUT2D eigenvalue weighted by Gasteiger charge is -2.11. The molecule has 1 aromatic carbocycles. The molecule has 1 aliphatic rings. The maximum atomic E-state index is 5.91. The summed E-state index contributed by atoms with van der Waals surface area (Å²) in [6, 6.07) is 5.59. The van der Waals surface area contributed by atoms with E-state index >= 15 is 0 Å². The van der Waals surface area contributed by atoms with Crippen molar-refractivity contribution in [1.82, 2.24) is 20.2 Å². The lowest BCUT2D eigenvalue weighted by atomic mass is 10.1. The van der Waals surface area contributed by atoms with Gasteiger partial charge in [-0.2, -0.15) is 0 Å². The molecule has 1 heterocycles. The highest BCUT2D eigenvalue weighted by Gasteiger charge is 2.42. The number of nitrogens with zero attached hydrogens (tertiary/aromatic N) is 4. The monoisotopic (exact) mass is 245 g/mol. The molecule has 1 aliphatic carbocycles. The smallest absolute Gasteiger partial charge is 0.182 e. The fraction of sp³-hybridized carbons (Fsp3) is 0.417. The van der Waals surface area contributed by atoms with Crippen LogP contribution in [0.1, 0.15) is 19.8 Å². The summed E-state index contributed by atoms with van der Waals surface area (Å²) < 4.78 is 7.03. The first-order valence-corrected chi connectivity index (χ1v) is 5.87. The van der Waals surface area contributed by atoms with Crippen molar-refractivity contribution in [2.75, 3.05) is 12.8 Å². The van der Waals surface area contributed by atoms with Crippen LogP contribution in [0.3, 0.4) is 0 Å². The number of nitrogen functional groups attached to an aromatic ring is 1. The summed E-state index contributed by atoms with van der Waals surface area (Å²) in [4.78, 5) is 0. The van der Waals surface area contributed by atoms with E-state index in [0.29, 0.717) is 11.4 Å². The quantitative estimate of drug-likeness (QED) is 0.828. The van der Waals surface area contributed by atoms with E-state index in [9.17, 15) is 0 Å². The highest BCUT2D eigenvalue weighted by atomic mass is 16.5. The van der Waals surface area contributed by atoms with Gasteiger partial charge in [0.15, 0.2) is 5.82 Å². The van der Waals surface area contributed by atoms with Crippen LogP contribution >= 0.6 is 0 Å². The van der Waals surface area contributed by atoms with Crippen molar-refractivity contribution >= 4 is 5.69 Å². The molecule has 1 saturated carbocycles. The standard InChI is InChI=1S/C12H15N5O/c1-12(5-6-12)17-11(14-15-16-17)8-3-4-10(18-2)9(13)7-8/h3-4,7H,5-6,13H2,1-2H3. The molecule has 0 saturated heterocycles. The molecule has 18 heavy (non-hydrogen) atoms. The van der Waals surface area contributed by atoms with Gasteiger partial charge in [-0.1, -0.05) is 0 Å². The van der Waals surface area contributed by atoms with Gasteiger partial charge in [0.2, 0.25) is 0 Å². The van der Waals surface area contributed by atoms with E-state index in [1.807, 2.05) is 22.9 Å². The van der Waals surface area contributed by atoms with Crippen LogP contribution in [-0.2, 0) is 5.54 Å². The van der Waals surface area contributed by atoms with Crippen molar-refractivity contribution in [2.24, 2.45) is 0 Å². The first-order valence-electron chi connectivity index (χ1n) is 5.87. The second kappa shape index (κ2) is 3.69. The SMILES string of the molecule is COc1ccc(-c2nnnn2C2(C)CC2)cc1N. The minimum absolute atomic E-state index is 0.0630. The Morgan fingerprint density at radius 3 is 2.78 bits per heavy atom. The summed E-state index contributed by atoms with van der Waals surface area (Å²) >= 11 is 0. The van der Waals surface area contributed by atoms with E-state index in [2.05, 4.69) is 22.4 Å². The van der Waals surface area contributed by atoms with Gasteiger partial charge in [0.1, 0.15) is 5.75 Å². The van der Waals surface area contributed by atoms with Crippen molar-refractivity contribution in [3.8, 4) is 17.1 Å². The Hall–Kier alpha value is -2.11. The number of anilines is 1. The molecule has 0 aliphatic heterocycles. The van der Waals surface area contributed by atoms with Crippen LogP contribution in [0, 0.1) is 0 Å². The molecule has 1 aromatic heterocycles. The molecule has 6 heteroatoms. The van der Waals surface area contributed by atoms with Crippen molar-refractivity contribution < 1.29 is 4.74 Å². The third kappa shape index (κ3) is 1.61. The second-order valence-corrected chi connectivity index (χ2v) is 4.87.